The molecule has 0 amide bonds. The van der Waals surface area contributed by atoms with Crippen molar-refractivity contribution in [3.8, 4) is 28.3 Å². The van der Waals surface area contributed by atoms with Crippen LogP contribution in [0.2, 0.25) is 0 Å². The smallest absolute Gasteiger partial charge is 0.236 e. The Kier molecular flexibility index (Phi) is 5.28. The first kappa shape index (κ1) is 20.5. The van der Waals surface area contributed by atoms with E-state index in [-0.39, 0.29) is 5.54 Å². The van der Waals surface area contributed by atoms with Crippen LogP contribution >= 0.6 is 0 Å². The van der Waals surface area contributed by atoms with Crippen LogP contribution in [0, 0.1) is 0 Å². The van der Waals surface area contributed by atoms with Crippen molar-refractivity contribution >= 4 is 17.0 Å². The molecule has 1 fully saturated rings. The molecule has 5 rings (SSSR count). The third-order valence-electron chi connectivity index (χ3n) is 6.17. The van der Waals surface area contributed by atoms with Gasteiger partial charge in [0, 0.05) is 29.8 Å². The number of hydrogen-bond donors (Lipinski definition) is 3. The van der Waals surface area contributed by atoms with E-state index in [4.69, 9.17) is 20.6 Å². The average Bonchev–Trinajstić information content (AvgIpc) is 3.21. The molecule has 1 saturated carbocycles. The monoisotopic (exact) mass is 429 g/mol. The standard InChI is InChI=1S/C25H27N5O2/c1-31-22-20-19(16-6-3-2-4-7-16)21(32-23(20)30-24(29-22)28-15-14-26)17-8-10-18(11-9-17)25(27)12-5-13-25/h2-4,6-11H,5,12-15,26-27H2,1H3,(H,28,29,30). The number of nitrogens with zero attached hydrogens (tertiary/aromatic N) is 2. The van der Waals surface area contributed by atoms with Crippen molar-refractivity contribution in [2.24, 2.45) is 11.5 Å². The summed E-state index contributed by atoms with van der Waals surface area (Å²) in [5, 5.41) is 3.85. The molecule has 0 aliphatic heterocycles. The van der Waals surface area contributed by atoms with Gasteiger partial charge >= 0.3 is 0 Å². The van der Waals surface area contributed by atoms with Crippen molar-refractivity contribution in [1.29, 1.82) is 0 Å². The van der Waals surface area contributed by atoms with E-state index in [2.05, 4.69) is 39.6 Å². The van der Waals surface area contributed by atoms with Crippen molar-refractivity contribution in [2.75, 3.05) is 25.5 Å². The fourth-order valence-electron chi connectivity index (χ4n) is 4.26. The number of nitrogens with one attached hydrogen (secondary N) is 1. The zero-order valence-corrected chi connectivity index (χ0v) is 18.1. The van der Waals surface area contributed by atoms with E-state index in [0.717, 1.165) is 46.2 Å². The van der Waals surface area contributed by atoms with Crippen LogP contribution in [0.4, 0.5) is 5.95 Å². The summed E-state index contributed by atoms with van der Waals surface area (Å²) < 4.78 is 12.0. The van der Waals surface area contributed by atoms with Gasteiger partial charge in [0.25, 0.3) is 0 Å². The van der Waals surface area contributed by atoms with E-state index in [1.54, 1.807) is 7.11 Å². The SMILES string of the molecule is COc1nc(NCCN)nc2oc(-c3ccc(C4(N)CCC4)cc3)c(-c3ccccc3)c12. The Morgan fingerprint density at radius 2 is 1.78 bits per heavy atom. The third-order valence-corrected chi connectivity index (χ3v) is 6.17. The molecule has 32 heavy (non-hydrogen) atoms. The van der Waals surface area contributed by atoms with Crippen LogP contribution in [0.25, 0.3) is 33.6 Å². The molecule has 0 spiro atoms. The number of benzene rings is 2. The molecule has 0 atom stereocenters. The highest BCUT2D eigenvalue weighted by Gasteiger charge is 2.34. The maximum atomic E-state index is 6.52. The highest BCUT2D eigenvalue weighted by Crippen LogP contribution is 2.45. The van der Waals surface area contributed by atoms with Gasteiger partial charge in [-0.25, -0.2) is 0 Å². The summed E-state index contributed by atoms with van der Waals surface area (Å²) in [5.41, 5.74) is 16.4. The van der Waals surface area contributed by atoms with Crippen LogP contribution in [0.1, 0.15) is 24.8 Å². The van der Waals surface area contributed by atoms with Crippen LogP contribution in [-0.4, -0.2) is 30.2 Å². The number of furan rings is 1. The summed E-state index contributed by atoms with van der Waals surface area (Å²) in [6.07, 6.45) is 3.23. The highest BCUT2D eigenvalue weighted by molar-refractivity contribution is 6.03. The van der Waals surface area contributed by atoms with Crippen molar-refractivity contribution in [3.05, 3.63) is 60.2 Å². The molecule has 7 heteroatoms. The fourth-order valence-corrected chi connectivity index (χ4v) is 4.26. The van der Waals surface area contributed by atoms with Crippen molar-refractivity contribution in [1.82, 2.24) is 9.97 Å². The van der Waals surface area contributed by atoms with Gasteiger partial charge in [0.15, 0.2) is 0 Å². The molecule has 0 bridgehead atoms. The summed E-state index contributed by atoms with van der Waals surface area (Å²) in [4.78, 5) is 9.13. The maximum Gasteiger partial charge on any atom is 0.236 e. The first-order valence-corrected chi connectivity index (χ1v) is 10.9. The second-order valence-corrected chi connectivity index (χ2v) is 8.21. The Labute approximate surface area is 186 Å². The van der Waals surface area contributed by atoms with Gasteiger partial charge in [0.1, 0.15) is 11.1 Å². The maximum absolute atomic E-state index is 6.52. The lowest BCUT2D eigenvalue weighted by atomic mass is 9.72. The van der Waals surface area contributed by atoms with Gasteiger partial charge in [-0.2, -0.15) is 9.97 Å². The molecule has 7 nitrogen and oxygen atoms in total. The van der Waals surface area contributed by atoms with Crippen molar-refractivity contribution in [2.45, 2.75) is 24.8 Å². The van der Waals surface area contributed by atoms with Crippen molar-refractivity contribution in [3.63, 3.8) is 0 Å². The molecule has 1 aliphatic carbocycles. The Morgan fingerprint density at radius 3 is 2.41 bits per heavy atom. The Bertz CT molecular complexity index is 1230. The quantitative estimate of drug-likeness (QED) is 0.402. The minimum atomic E-state index is -0.201. The van der Waals surface area contributed by atoms with Gasteiger partial charge in [-0.3, -0.25) is 0 Å². The van der Waals surface area contributed by atoms with E-state index < -0.39 is 0 Å². The van der Waals surface area contributed by atoms with Gasteiger partial charge in [0.05, 0.1) is 7.11 Å². The van der Waals surface area contributed by atoms with Gasteiger partial charge in [-0.1, -0.05) is 54.6 Å². The number of aromatic nitrogens is 2. The van der Waals surface area contributed by atoms with E-state index in [9.17, 15) is 0 Å². The summed E-state index contributed by atoms with van der Waals surface area (Å²) in [6.45, 7) is 1.02. The minimum absolute atomic E-state index is 0.201. The lowest BCUT2D eigenvalue weighted by molar-refractivity contribution is 0.253. The first-order chi connectivity index (χ1) is 15.6. The lowest BCUT2D eigenvalue weighted by Gasteiger charge is -2.38. The largest absolute Gasteiger partial charge is 0.480 e. The number of anilines is 1. The second kappa shape index (κ2) is 8.26. The predicted octanol–water partition coefficient (Wildman–Crippen LogP) is 4.27. The van der Waals surface area contributed by atoms with Crippen LogP contribution in [0.15, 0.2) is 59.0 Å². The number of methoxy groups -OCH3 is 1. The van der Waals surface area contributed by atoms with Gasteiger partial charge in [0.2, 0.25) is 17.5 Å². The van der Waals surface area contributed by atoms with Crippen LogP contribution < -0.4 is 21.5 Å². The number of nitrogens with two attached hydrogens (primary N) is 2. The highest BCUT2D eigenvalue weighted by atomic mass is 16.5. The van der Waals surface area contributed by atoms with Crippen molar-refractivity contribution < 1.29 is 9.15 Å². The molecule has 2 aromatic heterocycles. The molecule has 0 radical (unpaired) electrons. The second-order valence-electron chi connectivity index (χ2n) is 8.21. The molecule has 0 unspecified atom stereocenters. The van der Waals surface area contributed by atoms with E-state index in [1.165, 1.54) is 6.42 Å². The molecule has 1 aliphatic rings. The number of fused-ring (bicyclic) bond motifs is 1. The van der Waals surface area contributed by atoms with Crippen LogP contribution in [-0.2, 0) is 5.54 Å². The summed E-state index contributed by atoms with van der Waals surface area (Å²) in [7, 11) is 1.60. The van der Waals surface area contributed by atoms with Crippen LogP contribution in [0.5, 0.6) is 5.88 Å². The van der Waals surface area contributed by atoms with Gasteiger partial charge in [-0.15, -0.1) is 0 Å². The zero-order chi connectivity index (χ0) is 22.1. The average molecular weight is 430 g/mol. The Balaban J connectivity index is 1.69. The molecule has 4 aromatic rings. The summed E-state index contributed by atoms with van der Waals surface area (Å²) >= 11 is 0. The Morgan fingerprint density at radius 1 is 1.03 bits per heavy atom. The van der Waals surface area contributed by atoms with E-state index in [1.807, 2.05) is 30.3 Å². The van der Waals surface area contributed by atoms with Gasteiger partial charge in [-0.05, 0) is 30.4 Å². The van der Waals surface area contributed by atoms with E-state index >= 15 is 0 Å². The minimum Gasteiger partial charge on any atom is -0.480 e. The molecular formula is C25H27N5O2. The van der Waals surface area contributed by atoms with Gasteiger partial charge < -0.3 is 25.9 Å². The topological polar surface area (TPSA) is 112 Å². The van der Waals surface area contributed by atoms with Crippen LogP contribution in [0.3, 0.4) is 0 Å². The molecule has 2 aromatic carbocycles. The van der Waals surface area contributed by atoms with E-state index in [0.29, 0.717) is 30.6 Å². The summed E-state index contributed by atoms with van der Waals surface area (Å²) in [5.74, 6) is 1.60. The number of hydrogen-bond acceptors (Lipinski definition) is 7. The number of ether oxygens (including phenoxy) is 1. The summed E-state index contributed by atoms with van der Waals surface area (Å²) in [6, 6.07) is 18.4. The normalized spacial score (nSPS) is 14.8. The zero-order valence-electron chi connectivity index (χ0n) is 18.1. The fraction of sp³-hybridized carbons (Fsp3) is 0.280. The molecule has 5 N–H and O–H groups in total. The third kappa shape index (κ3) is 3.49. The Hall–Kier alpha value is -3.42. The first-order valence-electron chi connectivity index (χ1n) is 10.9. The number of rotatable bonds is 7. The molecular weight excluding hydrogens is 402 g/mol. The molecule has 164 valence electrons. The predicted molar refractivity (Wildman–Crippen MR) is 126 cm³/mol. The molecule has 2 heterocycles. The molecule has 0 saturated heterocycles. The lowest BCUT2D eigenvalue weighted by Crippen LogP contribution is -2.43.